The Bertz CT molecular complexity index is 948. The summed E-state index contributed by atoms with van der Waals surface area (Å²) in [5.74, 6) is -1.30. The Balaban J connectivity index is 2.86. The van der Waals surface area contributed by atoms with Crippen LogP contribution in [0, 0.1) is 5.41 Å². The van der Waals surface area contributed by atoms with Crippen LogP contribution in [0.15, 0.2) is 24.2 Å². The van der Waals surface area contributed by atoms with Gasteiger partial charge >= 0.3 is 0 Å². The molecule has 0 fully saturated rings. The molecule has 1 unspecified atom stereocenters. The van der Waals surface area contributed by atoms with Crippen LogP contribution < -0.4 is 9.47 Å². The third kappa shape index (κ3) is 2.80. The lowest BCUT2D eigenvalue weighted by atomic mass is 9.89. The van der Waals surface area contributed by atoms with Crippen LogP contribution in [0.5, 0.6) is 11.5 Å². The van der Waals surface area contributed by atoms with Crippen molar-refractivity contribution in [2.45, 2.75) is 26.6 Å². The first-order chi connectivity index (χ1) is 14.4. The average molecular weight is 250 g/mol. The summed E-state index contributed by atoms with van der Waals surface area (Å²) in [6, 6.07) is -4.21. The number of ether oxygens (including phenoxy) is 2. The molecule has 0 saturated heterocycles. The standard InChI is InChI=1S/C14H18O3/c1-14(2,3)13(15)7-5-10-4-6-11-12(8-10)17-9-16-11/h4-8,13,15H,9H2,1-3H3/b7-5+/i1D3,2D3,3D3,4D,6D,7D,8D,9D2,13D. The van der Waals surface area contributed by atoms with Crippen molar-refractivity contribution in [3.8, 4) is 11.5 Å². The predicted octanol–water partition coefficient (Wildman–Crippen LogP) is 2.84. The first-order valence-electron chi connectivity index (χ1n) is 12.4. The highest BCUT2D eigenvalue weighted by Gasteiger charge is 2.19. The Morgan fingerprint density at radius 3 is 3.12 bits per heavy atom. The van der Waals surface area contributed by atoms with Crippen molar-refractivity contribution in [2.24, 2.45) is 5.41 Å². The molecule has 0 bridgehead atoms. The molecule has 1 aromatic rings. The van der Waals surface area contributed by atoms with Gasteiger partial charge < -0.3 is 14.6 Å². The summed E-state index contributed by atoms with van der Waals surface area (Å²) < 4.78 is 133. The summed E-state index contributed by atoms with van der Waals surface area (Å²) in [6.07, 6.45) is -3.84. The second kappa shape index (κ2) is 4.41. The van der Waals surface area contributed by atoms with Gasteiger partial charge in [0.05, 0.1) is 12.9 Å². The minimum absolute atomic E-state index is 0.297. The van der Waals surface area contributed by atoms with E-state index in [0.29, 0.717) is 6.08 Å². The van der Waals surface area contributed by atoms with E-state index in [1.807, 2.05) is 0 Å². The monoisotopic (exact) mass is 250 g/mol. The normalized spacial score (nSPS) is 37.8. The van der Waals surface area contributed by atoms with E-state index in [1.54, 1.807) is 0 Å². The van der Waals surface area contributed by atoms with Crippen LogP contribution in [0.4, 0.5) is 0 Å². The average Bonchev–Trinajstić information content (AvgIpc) is 2.88. The van der Waals surface area contributed by atoms with Gasteiger partial charge in [0.15, 0.2) is 11.5 Å². The molecular formula is C14H18O3. The van der Waals surface area contributed by atoms with Gasteiger partial charge in [-0.3, -0.25) is 0 Å². The lowest BCUT2D eigenvalue weighted by Gasteiger charge is -2.22. The van der Waals surface area contributed by atoms with E-state index in [1.165, 1.54) is 0 Å². The summed E-state index contributed by atoms with van der Waals surface area (Å²) in [5, 5.41) is 10.7. The van der Waals surface area contributed by atoms with Crippen LogP contribution in [0.2, 0.25) is 0 Å². The maximum atomic E-state index is 10.7. The molecule has 0 aliphatic carbocycles. The van der Waals surface area contributed by atoms with Gasteiger partial charge in [-0.05, 0) is 23.1 Å². The van der Waals surface area contributed by atoms with Gasteiger partial charge in [0.25, 0.3) is 0 Å². The molecule has 0 amide bonds. The fourth-order valence-electron chi connectivity index (χ4n) is 0.960. The molecule has 1 aromatic carbocycles. The highest BCUT2D eigenvalue weighted by atomic mass is 16.7. The van der Waals surface area contributed by atoms with Gasteiger partial charge in [0.1, 0.15) is 2.74 Å². The van der Waals surface area contributed by atoms with Crippen molar-refractivity contribution in [1.29, 1.82) is 0 Å². The van der Waals surface area contributed by atoms with Gasteiger partial charge in [0.2, 0.25) is 6.75 Å². The largest absolute Gasteiger partial charge is 0.454 e. The molecule has 1 aliphatic rings. The van der Waals surface area contributed by atoms with E-state index in [2.05, 4.69) is 0 Å². The van der Waals surface area contributed by atoms with Crippen LogP contribution in [0.3, 0.4) is 0 Å². The van der Waals surface area contributed by atoms with Gasteiger partial charge in [0, 0.05) is 12.3 Å². The molecule has 3 heteroatoms. The summed E-state index contributed by atoms with van der Waals surface area (Å²) in [5.41, 5.74) is -4.96. The zero-order valence-corrected chi connectivity index (χ0v) is 8.34. The summed E-state index contributed by atoms with van der Waals surface area (Å²) in [7, 11) is 0. The fraction of sp³-hybridized carbons (Fsp3) is 0.429. The predicted molar refractivity (Wildman–Crippen MR) is 67.1 cm³/mol. The van der Waals surface area contributed by atoms with Gasteiger partial charge in [-0.25, -0.2) is 0 Å². The number of rotatable bonds is 2. The number of hydrogen-bond acceptors (Lipinski definition) is 3. The molecule has 3 nitrogen and oxygen atoms in total. The van der Waals surface area contributed by atoms with Crippen LogP contribution in [-0.4, -0.2) is 17.9 Å². The number of benzene rings is 1. The van der Waals surface area contributed by atoms with Crippen molar-refractivity contribution in [3.05, 3.63) is 29.7 Å². The SMILES string of the molecule is [2H]/C(=C\c1c([2H])c([2H])c2c(c1[2H])OC([2H])([2H])O2)C([2H])(O)C(C([2H])([2H])[2H])(C([2H])([2H])[2H])C([2H])([2H])[2H]. The molecular weight excluding hydrogens is 216 g/mol. The van der Waals surface area contributed by atoms with Crippen molar-refractivity contribution in [2.75, 3.05) is 6.75 Å². The summed E-state index contributed by atoms with van der Waals surface area (Å²) in [4.78, 5) is 0. The topological polar surface area (TPSA) is 38.7 Å². The van der Waals surface area contributed by atoms with Crippen LogP contribution in [0.1, 0.15) is 48.1 Å². The van der Waals surface area contributed by atoms with Crippen molar-refractivity contribution >= 4 is 6.08 Å². The Morgan fingerprint density at radius 2 is 2.35 bits per heavy atom. The van der Waals surface area contributed by atoms with E-state index >= 15 is 0 Å². The number of hydrogen-bond donors (Lipinski definition) is 1. The minimum Gasteiger partial charge on any atom is -0.454 e. The maximum absolute atomic E-state index is 10.7. The van der Waals surface area contributed by atoms with Crippen LogP contribution in [0.25, 0.3) is 6.08 Å². The first kappa shape index (κ1) is 3.09. The fourth-order valence-corrected chi connectivity index (χ4v) is 0.960. The second-order valence-corrected chi connectivity index (χ2v) is 3.12. The van der Waals surface area contributed by atoms with E-state index in [-0.39, 0.29) is 0 Å². The molecule has 0 radical (unpaired) electrons. The van der Waals surface area contributed by atoms with E-state index in [4.69, 9.17) is 31.4 Å². The molecule has 1 heterocycles. The maximum Gasteiger partial charge on any atom is 0.231 e. The molecule has 0 saturated carbocycles. The third-order valence-corrected chi connectivity index (χ3v) is 1.76. The molecule has 1 N–H and O–H groups in total. The Hall–Kier alpha value is -1.48. The van der Waals surface area contributed by atoms with Crippen molar-refractivity contribution in [1.82, 2.24) is 0 Å². The summed E-state index contributed by atoms with van der Waals surface area (Å²) >= 11 is 0. The Morgan fingerprint density at radius 1 is 1.59 bits per heavy atom. The lowest BCUT2D eigenvalue weighted by Crippen LogP contribution is -2.23. The first-order valence-corrected chi connectivity index (χ1v) is 4.37. The highest BCUT2D eigenvalue weighted by Crippen LogP contribution is 2.33. The van der Waals surface area contributed by atoms with E-state index in [0.717, 1.165) is 0 Å². The molecule has 0 spiro atoms. The minimum atomic E-state index is -4.18. The Kier molecular flexibility index (Phi) is 0.803. The molecule has 1 atom stereocenters. The number of fused-ring (bicyclic) bond motifs is 1. The molecule has 92 valence electrons. The van der Waals surface area contributed by atoms with Gasteiger partial charge in [-0.2, -0.15) is 0 Å². The third-order valence-electron chi connectivity index (χ3n) is 1.76. The van der Waals surface area contributed by atoms with Gasteiger partial charge in [-0.15, -0.1) is 0 Å². The van der Waals surface area contributed by atoms with Crippen LogP contribution in [-0.2, 0) is 0 Å². The lowest BCUT2D eigenvalue weighted by molar-refractivity contribution is 0.106. The summed E-state index contributed by atoms with van der Waals surface area (Å²) in [6.45, 7) is -14.9. The zero-order valence-electron chi connectivity index (χ0n) is 24.3. The molecule has 0 aromatic heterocycles. The molecule has 2 rings (SSSR count). The molecule has 1 aliphatic heterocycles. The van der Waals surface area contributed by atoms with Crippen molar-refractivity contribution in [3.63, 3.8) is 0 Å². The highest BCUT2D eigenvalue weighted by molar-refractivity contribution is 5.56. The zero-order chi connectivity index (χ0) is 26.2. The Labute approximate surface area is 124 Å². The quantitative estimate of drug-likeness (QED) is 0.877. The van der Waals surface area contributed by atoms with Gasteiger partial charge in [-0.1, -0.05) is 38.7 Å². The van der Waals surface area contributed by atoms with Crippen molar-refractivity contribution < 1.29 is 36.5 Å². The van der Waals surface area contributed by atoms with E-state index in [9.17, 15) is 5.11 Å². The van der Waals surface area contributed by atoms with Crippen LogP contribution >= 0.6 is 0 Å². The number of aliphatic hydroxyl groups is 1. The van der Waals surface area contributed by atoms with E-state index < -0.39 is 80.0 Å². The molecule has 17 heavy (non-hydrogen) atoms. The smallest absolute Gasteiger partial charge is 0.231 e. The second-order valence-electron chi connectivity index (χ2n) is 3.12.